The Morgan fingerprint density at radius 2 is 2.42 bits per heavy atom. The van der Waals surface area contributed by atoms with Gasteiger partial charge in [-0.3, -0.25) is 0 Å². The van der Waals surface area contributed by atoms with Crippen LogP contribution in [0.25, 0.3) is 0 Å². The van der Waals surface area contributed by atoms with Gasteiger partial charge in [0.15, 0.2) is 0 Å². The van der Waals surface area contributed by atoms with Gasteiger partial charge in [-0.2, -0.15) is 0 Å². The van der Waals surface area contributed by atoms with Crippen LogP contribution in [-0.4, -0.2) is 30.4 Å². The molecule has 70 valence electrons. The zero-order valence-electron chi connectivity index (χ0n) is 7.17. The van der Waals surface area contributed by atoms with Crippen molar-refractivity contribution in [3.63, 3.8) is 0 Å². The van der Waals surface area contributed by atoms with Crippen molar-refractivity contribution in [3.8, 4) is 0 Å². The van der Waals surface area contributed by atoms with Crippen LogP contribution in [0.15, 0.2) is 12.2 Å². The molecule has 0 N–H and O–H groups in total. The molecular weight excluding hydrogens is 267 g/mol. The van der Waals surface area contributed by atoms with Gasteiger partial charge in [-0.05, 0) is 12.8 Å². The van der Waals surface area contributed by atoms with Gasteiger partial charge >= 0.3 is 0 Å². The van der Waals surface area contributed by atoms with E-state index in [2.05, 4.69) is 34.7 Å². The van der Waals surface area contributed by atoms with E-state index in [9.17, 15) is 0 Å². The summed E-state index contributed by atoms with van der Waals surface area (Å²) in [6, 6.07) is 0. The SMILES string of the molecule is IC/C=C\COC1CCCOC1. The number of rotatable bonds is 4. The maximum absolute atomic E-state index is 5.57. The summed E-state index contributed by atoms with van der Waals surface area (Å²) >= 11 is 2.31. The van der Waals surface area contributed by atoms with Gasteiger partial charge < -0.3 is 9.47 Å². The Labute approximate surface area is 87.5 Å². The molecule has 0 spiro atoms. The summed E-state index contributed by atoms with van der Waals surface area (Å²) in [5, 5.41) is 0. The number of allylic oxidation sites excluding steroid dienone is 1. The van der Waals surface area contributed by atoms with Gasteiger partial charge in [-0.1, -0.05) is 34.7 Å². The van der Waals surface area contributed by atoms with Crippen LogP contribution in [0, 0.1) is 0 Å². The number of hydrogen-bond donors (Lipinski definition) is 0. The monoisotopic (exact) mass is 282 g/mol. The standard InChI is InChI=1S/C9H15IO2/c10-5-1-2-7-12-9-4-3-6-11-8-9/h1-2,9H,3-8H2/b2-1-. The predicted octanol–water partition coefficient (Wildman–Crippen LogP) is 2.17. The fraction of sp³-hybridized carbons (Fsp3) is 0.778. The van der Waals surface area contributed by atoms with Crippen molar-refractivity contribution >= 4 is 22.6 Å². The average molecular weight is 282 g/mol. The molecule has 0 saturated carbocycles. The van der Waals surface area contributed by atoms with E-state index in [4.69, 9.17) is 9.47 Å². The lowest BCUT2D eigenvalue weighted by molar-refractivity contribution is -0.0409. The van der Waals surface area contributed by atoms with Crippen LogP contribution >= 0.6 is 22.6 Å². The number of ether oxygens (including phenoxy) is 2. The van der Waals surface area contributed by atoms with Gasteiger partial charge in [0.25, 0.3) is 0 Å². The fourth-order valence-corrected chi connectivity index (χ4v) is 1.52. The Balaban J connectivity index is 2.01. The Hall–Kier alpha value is 0.390. The third-order valence-corrected chi connectivity index (χ3v) is 2.31. The average Bonchev–Trinajstić information content (AvgIpc) is 2.14. The molecule has 1 atom stereocenters. The minimum Gasteiger partial charge on any atom is -0.379 e. The van der Waals surface area contributed by atoms with Crippen molar-refractivity contribution in [2.24, 2.45) is 0 Å². The highest BCUT2D eigenvalue weighted by atomic mass is 127. The van der Waals surface area contributed by atoms with Gasteiger partial charge in [0.1, 0.15) is 0 Å². The van der Waals surface area contributed by atoms with E-state index >= 15 is 0 Å². The van der Waals surface area contributed by atoms with Crippen molar-refractivity contribution < 1.29 is 9.47 Å². The molecule has 1 heterocycles. The maximum atomic E-state index is 5.57. The van der Waals surface area contributed by atoms with Gasteiger partial charge in [-0.25, -0.2) is 0 Å². The number of alkyl halides is 1. The van der Waals surface area contributed by atoms with Gasteiger partial charge in [0.05, 0.1) is 19.3 Å². The molecule has 1 rings (SSSR count). The number of hydrogen-bond acceptors (Lipinski definition) is 2. The molecule has 0 amide bonds. The molecule has 1 aliphatic rings. The van der Waals surface area contributed by atoms with Crippen molar-refractivity contribution in [3.05, 3.63) is 12.2 Å². The molecule has 1 unspecified atom stereocenters. The first kappa shape index (κ1) is 10.5. The van der Waals surface area contributed by atoms with Crippen LogP contribution in [0.1, 0.15) is 12.8 Å². The van der Waals surface area contributed by atoms with E-state index in [1.54, 1.807) is 0 Å². The summed E-state index contributed by atoms with van der Waals surface area (Å²) in [5.41, 5.74) is 0. The Bertz CT molecular complexity index is 130. The topological polar surface area (TPSA) is 18.5 Å². The molecule has 0 aliphatic carbocycles. The quantitative estimate of drug-likeness (QED) is 0.447. The van der Waals surface area contributed by atoms with Gasteiger partial charge in [0, 0.05) is 11.0 Å². The molecule has 3 heteroatoms. The van der Waals surface area contributed by atoms with Crippen LogP contribution in [0.4, 0.5) is 0 Å². The fourth-order valence-electron chi connectivity index (χ4n) is 1.17. The minimum atomic E-state index is 0.331. The van der Waals surface area contributed by atoms with Crippen molar-refractivity contribution in [2.45, 2.75) is 18.9 Å². The summed E-state index contributed by atoms with van der Waals surface area (Å²) in [4.78, 5) is 0. The largest absolute Gasteiger partial charge is 0.379 e. The van der Waals surface area contributed by atoms with E-state index in [1.165, 1.54) is 0 Å². The molecule has 0 aromatic carbocycles. The molecule has 0 bridgehead atoms. The molecular formula is C9H15IO2. The predicted molar refractivity (Wildman–Crippen MR) is 57.8 cm³/mol. The maximum Gasteiger partial charge on any atom is 0.0813 e. The first-order chi connectivity index (χ1) is 5.93. The van der Waals surface area contributed by atoms with Gasteiger partial charge in [0.2, 0.25) is 0 Å². The Morgan fingerprint density at radius 1 is 1.50 bits per heavy atom. The normalized spacial score (nSPS) is 24.9. The van der Waals surface area contributed by atoms with Crippen molar-refractivity contribution in [1.82, 2.24) is 0 Å². The highest BCUT2D eigenvalue weighted by Gasteiger charge is 2.12. The van der Waals surface area contributed by atoms with Crippen molar-refractivity contribution in [1.29, 1.82) is 0 Å². The first-order valence-corrected chi connectivity index (χ1v) is 5.86. The highest BCUT2D eigenvalue weighted by Crippen LogP contribution is 2.09. The number of halogens is 1. The molecule has 1 saturated heterocycles. The molecule has 1 fully saturated rings. The molecule has 1 aliphatic heterocycles. The second-order valence-electron chi connectivity index (χ2n) is 2.80. The van der Waals surface area contributed by atoms with Crippen LogP contribution in [0.2, 0.25) is 0 Å². The molecule has 0 aromatic heterocycles. The van der Waals surface area contributed by atoms with E-state index < -0.39 is 0 Å². The highest BCUT2D eigenvalue weighted by molar-refractivity contribution is 14.1. The van der Waals surface area contributed by atoms with Crippen LogP contribution in [-0.2, 0) is 9.47 Å². The summed E-state index contributed by atoms with van der Waals surface area (Å²) in [6.07, 6.45) is 6.81. The summed E-state index contributed by atoms with van der Waals surface area (Å²) in [5.74, 6) is 0. The zero-order chi connectivity index (χ0) is 8.65. The first-order valence-electron chi connectivity index (χ1n) is 4.34. The second kappa shape index (κ2) is 6.86. The molecule has 2 nitrogen and oxygen atoms in total. The minimum absolute atomic E-state index is 0.331. The smallest absolute Gasteiger partial charge is 0.0813 e. The van der Waals surface area contributed by atoms with Crippen LogP contribution in [0.3, 0.4) is 0 Å². The molecule has 0 radical (unpaired) electrons. The van der Waals surface area contributed by atoms with Crippen molar-refractivity contribution in [2.75, 3.05) is 24.2 Å². The zero-order valence-corrected chi connectivity index (χ0v) is 9.33. The third-order valence-electron chi connectivity index (χ3n) is 1.80. The summed E-state index contributed by atoms with van der Waals surface area (Å²) < 4.78 is 11.9. The Kier molecular flexibility index (Phi) is 5.98. The van der Waals surface area contributed by atoms with Crippen LogP contribution in [0.5, 0.6) is 0 Å². The van der Waals surface area contributed by atoms with Gasteiger partial charge in [-0.15, -0.1) is 0 Å². The van der Waals surface area contributed by atoms with E-state index in [-0.39, 0.29) is 0 Å². The molecule has 0 aromatic rings. The Morgan fingerprint density at radius 3 is 3.08 bits per heavy atom. The van der Waals surface area contributed by atoms with Crippen LogP contribution < -0.4 is 0 Å². The molecule has 12 heavy (non-hydrogen) atoms. The second-order valence-corrected chi connectivity index (χ2v) is 3.68. The summed E-state index contributed by atoms with van der Waals surface area (Å²) in [7, 11) is 0. The lowest BCUT2D eigenvalue weighted by atomic mass is 10.2. The lowest BCUT2D eigenvalue weighted by Crippen LogP contribution is -2.25. The lowest BCUT2D eigenvalue weighted by Gasteiger charge is -2.21. The van der Waals surface area contributed by atoms with E-state index in [0.29, 0.717) is 6.10 Å². The summed E-state index contributed by atoms with van der Waals surface area (Å²) in [6.45, 7) is 2.42. The third kappa shape index (κ3) is 4.42. The van der Waals surface area contributed by atoms with E-state index in [1.807, 2.05) is 0 Å². The van der Waals surface area contributed by atoms with E-state index in [0.717, 1.165) is 37.1 Å².